The molecule has 18 heavy (non-hydrogen) atoms. The van der Waals surface area contributed by atoms with Crippen molar-refractivity contribution in [3.63, 3.8) is 0 Å². The molecule has 6 heteroatoms. The van der Waals surface area contributed by atoms with Crippen LogP contribution in [-0.4, -0.2) is 17.6 Å². The molecule has 0 fully saturated rings. The van der Waals surface area contributed by atoms with Gasteiger partial charge in [0.25, 0.3) is 5.69 Å². The minimum atomic E-state index is -0.430. The summed E-state index contributed by atoms with van der Waals surface area (Å²) in [5.41, 5.74) is 0.441. The maximum absolute atomic E-state index is 10.9. The Labute approximate surface area is 110 Å². The number of halogens is 1. The SMILES string of the molecule is O=[N+]([O-])c1ccc(Cl)cc1NCC1CCC=CO1. The van der Waals surface area contributed by atoms with Crippen LogP contribution in [0.3, 0.4) is 0 Å². The van der Waals surface area contributed by atoms with Crippen LogP contribution < -0.4 is 5.32 Å². The van der Waals surface area contributed by atoms with Crippen molar-refractivity contribution in [3.8, 4) is 0 Å². The van der Waals surface area contributed by atoms with Gasteiger partial charge in [0.1, 0.15) is 11.8 Å². The second-order valence-corrected chi connectivity index (χ2v) is 4.44. The molecule has 0 amide bonds. The van der Waals surface area contributed by atoms with E-state index in [0.29, 0.717) is 17.3 Å². The molecule has 1 unspecified atom stereocenters. The van der Waals surface area contributed by atoms with Gasteiger partial charge in [-0.25, -0.2) is 0 Å². The van der Waals surface area contributed by atoms with E-state index in [0.717, 1.165) is 12.8 Å². The zero-order chi connectivity index (χ0) is 13.0. The molecule has 1 aliphatic rings. The maximum Gasteiger partial charge on any atom is 0.292 e. The van der Waals surface area contributed by atoms with Crippen LogP contribution in [0.1, 0.15) is 12.8 Å². The number of nitrogens with one attached hydrogen (secondary N) is 1. The summed E-state index contributed by atoms with van der Waals surface area (Å²) in [7, 11) is 0. The predicted octanol–water partition coefficient (Wildman–Crippen LogP) is 3.35. The zero-order valence-corrected chi connectivity index (χ0v) is 10.4. The van der Waals surface area contributed by atoms with Crippen molar-refractivity contribution in [2.45, 2.75) is 18.9 Å². The Morgan fingerprint density at radius 3 is 3.06 bits per heavy atom. The lowest BCUT2D eigenvalue weighted by molar-refractivity contribution is -0.384. The van der Waals surface area contributed by atoms with Gasteiger partial charge in [0, 0.05) is 11.1 Å². The van der Waals surface area contributed by atoms with Gasteiger partial charge in [0.05, 0.1) is 17.7 Å². The standard InChI is InChI=1S/C12H13ClN2O3/c13-9-4-5-12(15(16)17)11(7-9)14-8-10-3-1-2-6-18-10/h2,4-7,10,14H,1,3,8H2. The normalized spacial score (nSPS) is 18.2. The summed E-state index contributed by atoms with van der Waals surface area (Å²) in [4.78, 5) is 10.4. The average Bonchev–Trinajstić information content (AvgIpc) is 2.37. The fourth-order valence-corrected chi connectivity index (χ4v) is 1.94. The highest BCUT2D eigenvalue weighted by atomic mass is 35.5. The van der Waals surface area contributed by atoms with E-state index >= 15 is 0 Å². The van der Waals surface area contributed by atoms with Gasteiger partial charge in [0.2, 0.25) is 0 Å². The topological polar surface area (TPSA) is 64.4 Å². The largest absolute Gasteiger partial charge is 0.497 e. The van der Waals surface area contributed by atoms with Gasteiger partial charge < -0.3 is 10.1 Å². The van der Waals surface area contributed by atoms with Gasteiger partial charge in [-0.3, -0.25) is 10.1 Å². The van der Waals surface area contributed by atoms with Crippen LogP contribution in [-0.2, 0) is 4.74 Å². The highest BCUT2D eigenvalue weighted by Gasteiger charge is 2.16. The number of hydrogen-bond acceptors (Lipinski definition) is 4. The molecule has 5 nitrogen and oxygen atoms in total. The van der Waals surface area contributed by atoms with Crippen molar-refractivity contribution in [2.24, 2.45) is 0 Å². The number of nitrogens with zero attached hydrogens (tertiary/aromatic N) is 1. The number of benzene rings is 1. The molecular formula is C12H13ClN2O3. The Bertz CT molecular complexity index is 476. The number of ether oxygens (including phenoxy) is 1. The Morgan fingerprint density at radius 2 is 2.39 bits per heavy atom. The lowest BCUT2D eigenvalue weighted by Crippen LogP contribution is -2.23. The molecule has 1 atom stereocenters. The minimum Gasteiger partial charge on any atom is -0.497 e. The molecule has 1 heterocycles. The Hall–Kier alpha value is -1.75. The van der Waals surface area contributed by atoms with E-state index in [1.54, 1.807) is 12.3 Å². The minimum absolute atomic E-state index is 0.0192. The summed E-state index contributed by atoms with van der Waals surface area (Å²) >= 11 is 5.84. The first-order chi connectivity index (χ1) is 8.66. The van der Waals surface area contributed by atoms with E-state index < -0.39 is 4.92 Å². The van der Waals surface area contributed by atoms with Crippen LogP contribution in [0.25, 0.3) is 0 Å². The summed E-state index contributed by atoms with van der Waals surface area (Å²) < 4.78 is 5.38. The number of rotatable bonds is 4. The first-order valence-electron chi connectivity index (χ1n) is 5.65. The lowest BCUT2D eigenvalue weighted by Gasteiger charge is -2.20. The van der Waals surface area contributed by atoms with Crippen molar-refractivity contribution in [1.29, 1.82) is 0 Å². The molecule has 0 saturated carbocycles. The molecule has 1 aromatic rings. The molecule has 0 spiro atoms. The maximum atomic E-state index is 10.9. The van der Waals surface area contributed by atoms with Gasteiger partial charge in [-0.15, -0.1) is 0 Å². The lowest BCUT2D eigenvalue weighted by atomic mass is 10.1. The molecule has 0 aliphatic carbocycles. The number of nitro benzene ring substituents is 1. The molecule has 1 N–H and O–H groups in total. The van der Waals surface area contributed by atoms with Crippen molar-refractivity contribution in [1.82, 2.24) is 0 Å². The third kappa shape index (κ3) is 3.13. The van der Waals surface area contributed by atoms with Crippen LogP contribution >= 0.6 is 11.6 Å². The van der Waals surface area contributed by atoms with Crippen LogP contribution in [0.5, 0.6) is 0 Å². The van der Waals surface area contributed by atoms with E-state index in [9.17, 15) is 10.1 Å². The molecule has 0 bridgehead atoms. The van der Waals surface area contributed by atoms with Crippen molar-refractivity contribution in [2.75, 3.05) is 11.9 Å². The molecule has 1 aliphatic heterocycles. The second kappa shape index (κ2) is 5.73. The van der Waals surface area contributed by atoms with E-state index in [2.05, 4.69) is 5.32 Å². The van der Waals surface area contributed by atoms with Crippen LogP contribution in [0.4, 0.5) is 11.4 Å². The number of hydrogen-bond donors (Lipinski definition) is 1. The zero-order valence-electron chi connectivity index (χ0n) is 9.64. The summed E-state index contributed by atoms with van der Waals surface area (Å²) in [5, 5.41) is 14.3. The number of allylic oxidation sites excluding steroid dienone is 1. The van der Waals surface area contributed by atoms with Gasteiger partial charge in [-0.05, 0) is 31.1 Å². The number of anilines is 1. The molecule has 96 valence electrons. The smallest absolute Gasteiger partial charge is 0.292 e. The molecule has 1 aromatic carbocycles. The fourth-order valence-electron chi connectivity index (χ4n) is 1.77. The van der Waals surface area contributed by atoms with E-state index in [-0.39, 0.29) is 11.8 Å². The van der Waals surface area contributed by atoms with Crippen LogP contribution in [0.15, 0.2) is 30.5 Å². The van der Waals surface area contributed by atoms with Crippen LogP contribution in [0.2, 0.25) is 5.02 Å². The Morgan fingerprint density at radius 1 is 1.56 bits per heavy atom. The van der Waals surface area contributed by atoms with Gasteiger partial charge in [0.15, 0.2) is 0 Å². The van der Waals surface area contributed by atoms with E-state index in [1.807, 2.05) is 6.08 Å². The highest BCUT2D eigenvalue weighted by Crippen LogP contribution is 2.27. The molecule has 2 rings (SSSR count). The van der Waals surface area contributed by atoms with E-state index in [4.69, 9.17) is 16.3 Å². The predicted molar refractivity (Wildman–Crippen MR) is 69.8 cm³/mol. The summed E-state index contributed by atoms with van der Waals surface area (Å²) in [5.74, 6) is 0. The Balaban J connectivity index is 2.05. The van der Waals surface area contributed by atoms with Gasteiger partial charge in [-0.1, -0.05) is 11.6 Å². The third-order valence-corrected chi connectivity index (χ3v) is 2.93. The highest BCUT2D eigenvalue weighted by molar-refractivity contribution is 6.31. The van der Waals surface area contributed by atoms with Crippen LogP contribution in [0, 0.1) is 10.1 Å². The van der Waals surface area contributed by atoms with Gasteiger partial charge >= 0.3 is 0 Å². The molecule has 0 saturated heterocycles. The molecular weight excluding hydrogens is 256 g/mol. The second-order valence-electron chi connectivity index (χ2n) is 4.01. The van der Waals surface area contributed by atoms with Crippen molar-refractivity contribution >= 4 is 23.0 Å². The summed E-state index contributed by atoms with van der Waals surface area (Å²) in [6.07, 6.45) is 5.52. The van der Waals surface area contributed by atoms with Gasteiger partial charge in [-0.2, -0.15) is 0 Å². The fraction of sp³-hybridized carbons (Fsp3) is 0.333. The first-order valence-corrected chi connectivity index (χ1v) is 6.03. The monoisotopic (exact) mass is 268 g/mol. The summed E-state index contributed by atoms with van der Waals surface area (Å²) in [6, 6.07) is 4.45. The van der Waals surface area contributed by atoms with Crippen molar-refractivity contribution < 1.29 is 9.66 Å². The average molecular weight is 269 g/mol. The quantitative estimate of drug-likeness (QED) is 0.672. The van der Waals surface area contributed by atoms with E-state index in [1.165, 1.54) is 12.1 Å². The third-order valence-electron chi connectivity index (χ3n) is 2.70. The molecule has 0 radical (unpaired) electrons. The summed E-state index contributed by atoms with van der Waals surface area (Å²) in [6.45, 7) is 0.519. The Kier molecular flexibility index (Phi) is 4.04. The van der Waals surface area contributed by atoms with Crippen molar-refractivity contribution in [3.05, 3.63) is 45.7 Å². The molecule has 0 aromatic heterocycles. The first kappa shape index (κ1) is 12.7. The number of nitro groups is 1.